The number of carbonyl (C=O) groups excluding carboxylic acids is 1. The molecule has 4 heteroatoms. The SMILES string of the molecule is C/C=C\C(=C/C)CN1CCC(/C=C(\C)C(=O)c2cc(OC)c(OC)cc2C)CC1.CC. The summed E-state index contributed by atoms with van der Waals surface area (Å²) in [6, 6.07) is 3.65. The molecule has 0 unspecified atom stereocenters. The Kier molecular flexibility index (Phi) is 11.9. The van der Waals surface area contributed by atoms with Crippen LogP contribution in [0.3, 0.4) is 0 Å². The van der Waals surface area contributed by atoms with E-state index >= 15 is 0 Å². The van der Waals surface area contributed by atoms with Crippen LogP contribution in [0.15, 0.2) is 47.6 Å². The molecule has 31 heavy (non-hydrogen) atoms. The Bertz CT molecular complexity index is 797. The zero-order valence-corrected chi connectivity index (χ0v) is 20.7. The van der Waals surface area contributed by atoms with Crippen LogP contribution in [-0.4, -0.2) is 44.5 Å². The summed E-state index contributed by atoms with van der Waals surface area (Å²) < 4.78 is 10.7. The Morgan fingerprint density at radius 2 is 1.68 bits per heavy atom. The van der Waals surface area contributed by atoms with Crippen LogP contribution >= 0.6 is 0 Å². The molecule has 0 bridgehead atoms. The number of aryl methyl sites for hydroxylation is 1. The maximum atomic E-state index is 13.0. The minimum absolute atomic E-state index is 0.0650. The maximum absolute atomic E-state index is 13.0. The Morgan fingerprint density at radius 3 is 2.19 bits per heavy atom. The summed E-state index contributed by atoms with van der Waals surface area (Å²) in [5.74, 6) is 1.75. The van der Waals surface area contributed by atoms with Gasteiger partial charge in [-0.15, -0.1) is 0 Å². The van der Waals surface area contributed by atoms with Crippen LogP contribution in [0, 0.1) is 12.8 Å². The number of ketones is 1. The van der Waals surface area contributed by atoms with Crippen LogP contribution in [-0.2, 0) is 0 Å². The van der Waals surface area contributed by atoms with Crippen LogP contribution < -0.4 is 9.47 Å². The second-order valence-electron chi connectivity index (χ2n) is 7.68. The monoisotopic (exact) mass is 427 g/mol. The summed E-state index contributed by atoms with van der Waals surface area (Å²) in [6.07, 6.45) is 10.8. The zero-order chi connectivity index (χ0) is 23.4. The number of rotatable bonds is 8. The summed E-state index contributed by atoms with van der Waals surface area (Å²) in [7, 11) is 3.20. The highest BCUT2D eigenvalue weighted by Gasteiger charge is 2.21. The van der Waals surface area contributed by atoms with Gasteiger partial charge in [0, 0.05) is 12.1 Å². The van der Waals surface area contributed by atoms with Gasteiger partial charge < -0.3 is 9.47 Å². The molecule has 0 N–H and O–H groups in total. The number of Topliss-reactive ketones (excluding diaryl/α,β-unsaturated/α-hetero) is 1. The average molecular weight is 428 g/mol. The molecule has 0 spiro atoms. The molecule has 1 heterocycles. The molecule has 1 aliphatic rings. The molecule has 1 aromatic carbocycles. The minimum atomic E-state index is 0.0650. The van der Waals surface area contributed by atoms with E-state index in [4.69, 9.17) is 9.47 Å². The third kappa shape index (κ3) is 7.70. The largest absolute Gasteiger partial charge is 0.493 e. The van der Waals surface area contributed by atoms with Gasteiger partial charge in [-0.25, -0.2) is 0 Å². The van der Waals surface area contributed by atoms with E-state index in [9.17, 15) is 4.79 Å². The van der Waals surface area contributed by atoms with Crippen molar-refractivity contribution < 1.29 is 14.3 Å². The van der Waals surface area contributed by atoms with Crippen molar-refractivity contribution >= 4 is 5.78 Å². The van der Waals surface area contributed by atoms with E-state index in [2.05, 4.69) is 43.1 Å². The van der Waals surface area contributed by atoms with Gasteiger partial charge in [-0.1, -0.05) is 38.2 Å². The number of piperidine rings is 1. The molecule has 0 radical (unpaired) electrons. The molecule has 0 aromatic heterocycles. The Labute approximate surface area is 189 Å². The van der Waals surface area contributed by atoms with Crippen molar-refractivity contribution in [3.8, 4) is 11.5 Å². The van der Waals surface area contributed by atoms with Gasteiger partial charge in [0.15, 0.2) is 17.3 Å². The van der Waals surface area contributed by atoms with E-state index in [1.165, 1.54) is 5.57 Å². The molecular weight excluding hydrogens is 386 g/mol. The predicted octanol–water partition coefficient (Wildman–Crippen LogP) is 6.40. The lowest BCUT2D eigenvalue weighted by atomic mass is 9.91. The molecular formula is C27H41NO3. The number of nitrogens with zero attached hydrogens (tertiary/aromatic N) is 1. The zero-order valence-electron chi connectivity index (χ0n) is 20.7. The van der Waals surface area contributed by atoms with Crippen LogP contribution in [0.25, 0.3) is 0 Å². The quantitative estimate of drug-likeness (QED) is 0.273. The first-order valence-electron chi connectivity index (χ1n) is 11.4. The van der Waals surface area contributed by atoms with E-state index in [0.29, 0.717) is 23.0 Å². The summed E-state index contributed by atoms with van der Waals surface area (Å²) >= 11 is 0. The van der Waals surface area contributed by atoms with Gasteiger partial charge in [-0.3, -0.25) is 9.69 Å². The summed E-state index contributed by atoms with van der Waals surface area (Å²) in [5.41, 5.74) is 3.75. The lowest BCUT2D eigenvalue weighted by Gasteiger charge is -2.31. The van der Waals surface area contributed by atoms with E-state index in [1.54, 1.807) is 20.3 Å². The standard InChI is InChI=1S/C25H35NO3.C2H6/c1-7-9-20(8-2)17-26-12-10-21(11-13-26)14-19(4)25(27)22-16-24(29-6)23(28-5)15-18(22)3;1-2/h7-9,14-16,21H,10-13,17H2,1-6H3;1-2H3/b9-7-,19-14+,20-8+;. The van der Waals surface area contributed by atoms with Crippen molar-refractivity contribution in [1.29, 1.82) is 0 Å². The van der Waals surface area contributed by atoms with Crippen molar-refractivity contribution in [2.24, 2.45) is 5.92 Å². The highest BCUT2D eigenvalue weighted by atomic mass is 16.5. The average Bonchev–Trinajstić information content (AvgIpc) is 2.80. The number of hydrogen-bond acceptors (Lipinski definition) is 4. The summed E-state index contributed by atoms with van der Waals surface area (Å²) in [5, 5.41) is 0. The molecule has 1 aliphatic heterocycles. The first-order valence-corrected chi connectivity index (χ1v) is 11.4. The first kappa shape index (κ1) is 26.7. The fourth-order valence-electron chi connectivity index (χ4n) is 3.86. The molecule has 2 rings (SSSR count). The van der Waals surface area contributed by atoms with Crippen molar-refractivity contribution in [2.75, 3.05) is 33.9 Å². The van der Waals surface area contributed by atoms with Crippen molar-refractivity contribution in [3.05, 3.63) is 58.7 Å². The lowest BCUT2D eigenvalue weighted by Crippen LogP contribution is -2.34. The number of likely N-dealkylation sites (tertiary alicyclic amines) is 1. The summed E-state index contributed by atoms with van der Waals surface area (Å²) in [4.78, 5) is 15.5. The van der Waals surface area contributed by atoms with Gasteiger partial charge >= 0.3 is 0 Å². The molecule has 172 valence electrons. The van der Waals surface area contributed by atoms with Crippen LogP contribution in [0.1, 0.15) is 63.4 Å². The Balaban J connectivity index is 0.00000233. The van der Waals surface area contributed by atoms with Gasteiger partial charge in [0.2, 0.25) is 0 Å². The van der Waals surface area contributed by atoms with Crippen molar-refractivity contribution in [2.45, 2.75) is 54.4 Å². The third-order valence-electron chi connectivity index (χ3n) is 5.61. The Hall–Kier alpha value is -2.33. The smallest absolute Gasteiger partial charge is 0.188 e. The third-order valence-corrected chi connectivity index (χ3v) is 5.61. The highest BCUT2D eigenvalue weighted by molar-refractivity contribution is 6.09. The molecule has 1 fully saturated rings. The first-order chi connectivity index (χ1) is 14.9. The topological polar surface area (TPSA) is 38.8 Å². The fourth-order valence-corrected chi connectivity index (χ4v) is 3.86. The van der Waals surface area contributed by atoms with E-state index < -0.39 is 0 Å². The fraction of sp³-hybridized carbons (Fsp3) is 0.519. The number of hydrogen-bond donors (Lipinski definition) is 0. The summed E-state index contributed by atoms with van der Waals surface area (Å²) in [6.45, 7) is 15.1. The van der Waals surface area contributed by atoms with Gasteiger partial charge in [-0.05, 0) is 88.4 Å². The second kappa shape index (κ2) is 13.9. The molecule has 1 aromatic rings. The van der Waals surface area contributed by atoms with Crippen LogP contribution in [0.2, 0.25) is 0 Å². The molecule has 0 amide bonds. The number of allylic oxidation sites excluding steroid dienone is 4. The van der Waals surface area contributed by atoms with Gasteiger partial charge in [0.1, 0.15) is 0 Å². The van der Waals surface area contributed by atoms with E-state index in [0.717, 1.165) is 43.6 Å². The highest BCUT2D eigenvalue weighted by Crippen LogP contribution is 2.31. The van der Waals surface area contributed by atoms with Crippen LogP contribution in [0.4, 0.5) is 0 Å². The van der Waals surface area contributed by atoms with Gasteiger partial charge in [0.25, 0.3) is 0 Å². The number of benzene rings is 1. The minimum Gasteiger partial charge on any atom is -0.493 e. The van der Waals surface area contributed by atoms with Gasteiger partial charge in [-0.2, -0.15) is 0 Å². The maximum Gasteiger partial charge on any atom is 0.188 e. The predicted molar refractivity (Wildman–Crippen MR) is 131 cm³/mol. The normalized spacial score (nSPS) is 16.1. The molecule has 0 saturated carbocycles. The number of ether oxygens (including phenoxy) is 2. The van der Waals surface area contributed by atoms with Crippen molar-refractivity contribution in [1.82, 2.24) is 4.90 Å². The van der Waals surface area contributed by atoms with E-state index in [1.807, 2.05) is 33.8 Å². The van der Waals surface area contributed by atoms with Gasteiger partial charge in [0.05, 0.1) is 14.2 Å². The molecule has 1 saturated heterocycles. The van der Waals surface area contributed by atoms with Crippen LogP contribution in [0.5, 0.6) is 11.5 Å². The Morgan fingerprint density at radius 1 is 1.10 bits per heavy atom. The van der Waals surface area contributed by atoms with Crippen molar-refractivity contribution in [3.63, 3.8) is 0 Å². The van der Waals surface area contributed by atoms with E-state index in [-0.39, 0.29) is 5.78 Å². The number of methoxy groups -OCH3 is 2. The second-order valence-corrected chi connectivity index (χ2v) is 7.68. The molecule has 4 nitrogen and oxygen atoms in total. The lowest BCUT2D eigenvalue weighted by molar-refractivity contribution is 0.103. The molecule has 0 atom stereocenters. The molecule has 0 aliphatic carbocycles. The number of carbonyl (C=O) groups is 1.